The van der Waals surface area contributed by atoms with E-state index in [1.165, 1.54) is 6.42 Å². The Labute approximate surface area is 44.2 Å². The molecule has 0 aromatic rings. The van der Waals surface area contributed by atoms with Crippen LogP contribution in [0.15, 0.2) is 0 Å². The molecule has 0 amide bonds. The summed E-state index contributed by atoms with van der Waals surface area (Å²) >= 11 is 0. The Hall–Kier alpha value is 0.506. The molecule has 0 aliphatic rings. The molecule has 0 heterocycles. The smallest absolute Gasteiger partial charge is 0 e. The molecule has 0 nitrogen and oxygen atoms in total. The Balaban J connectivity index is 0. The third kappa shape index (κ3) is 12.5. The minimum absolute atomic E-state index is 0. The molecule has 0 aromatic heterocycles. The molecule has 0 aliphatic heterocycles. The van der Waals surface area contributed by atoms with Crippen molar-refractivity contribution in [1.29, 1.82) is 0 Å². The maximum absolute atomic E-state index is 2.12. The SMILES string of the molecule is C[CH-]CC.[Co]. The Morgan fingerprint density at radius 3 is 1.80 bits per heavy atom. The van der Waals surface area contributed by atoms with Crippen molar-refractivity contribution in [3.63, 3.8) is 0 Å². The van der Waals surface area contributed by atoms with Crippen LogP contribution in [-0.2, 0) is 16.8 Å². The van der Waals surface area contributed by atoms with Crippen LogP contribution in [0.25, 0.3) is 0 Å². The van der Waals surface area contributed by atoms with Crippen LogP contribution in [0.4, 0.5) is 0 Å². The largest absolute Gasteiger partial charge is 0.332 e. The summed E-state index contributed by atoms with van der Waals surface area (Å²) in [4.78, 5) is 0. The fraction of sp³-hybridized carbons (Fsp3) is 0.750. The van der Waals surface area contributed by atoms with E-state index in [4.69, 9.17) is 0 Å². The van der Waals surface area contributed by atoms with E-state index >= 15 is 0 Å². The van der Waals surface area contributed by atoms with Crippen molar-refractivity contribution in [3.05, 3.63) is 6.42 Å². The van der Waals surface area contributed by atoms with Crippen molar-refractivity contribution in [2.45, 2.75) is 20.3 Å². The summed E-state index contributed by atoms with van der Waals surface area (Å²) in [5.41, 5.74) is 0. The van der Waals surface area contributed by atoms with Crippen molar-refractivity contribution in [1.82, 2.24) is 0 Å². The molecule has 0 aromatic carbocycles. The van der Waals surface area contributed by atoms with Gasteiger partial charge in [-0.1, -0.05) is 6.92 Å². The fourth-order valence-corrected chi connectivity index (χ4v) is 0. The summed E-state index contributed by atoms with van der Waals surface area (Å²) in [6.07, 6.45) is 3.32. The molecular formula is C4H9Co-. The monoisotopic (exact) mass is 116 g/mol. The molecular weight excluding hydrogens is 107 g/mol. The van der Waals surface area contributed by atoms with Crippen LogP contribution in [0.1, 0.15) is 20.3 Å². The third-order valence-corrected chi connectivity index (χ3v) is 0.408. The van der Waals surface area contributed by atoms with E-state index in [1.54, 1.807) is 0 Å². The van der Waals surface area contributed by atoms with Gasteiger partial charge in [0.2, 0.25) is 0 Å². The number of hydrogen-bond donors (Lipinski definition) is 0. The fourth-order valence-electron chi connectivity index (χ4n) is 0. The summed E-state index contributed by atoms with van der Waals surface area (Å²) in [6.45, 7) is 4.18. The van der Waals surface area contributed by atoms with E-state index < -0.39 is 0 Å². The van der Waals surface area contributed by atoms with Crippen LogP contribution in [0.3, 0.4) is 0 Å². The van der Waals surface area contributed by atoms with Gasteiger partial charge in [0.1, 0.15) is 0 Å². The maximum Gasteiger partial charge on any atom is 0 e. The van der Waals surface area contributed by atoms with Gasteiger partial charge in [-0.3, -0.25) is 0 Å². The second-order valence-corrected chi connectivity index (χ2v) is 0.816. The van der Waals surface area contributed by atoms with Crippen LogP contribution in [0.5, 0.6) is 0 Å². The molecule has 0 fully saturated rings. The van der Waals surface area contributed by atoms with Gasteiger partial charge in [0.15, 0.2) is 0 Å². The van der Waals surface area contributed by atoms with Crippen molar-refractivity contribution < 1.29 is 16.8 Å². The van der Waals surface area contributed by atoms with Crippen LogP contribution in [-0.4, -0.2) is 0 Å². The molecule has 0 atom stereocenters. The van der Waals surface area contributed by atoms with Gasteiger partial charge in [-0.2, -0.15) is 13.3 Å². The van der Waals surface area contributed by atoms with Gasteiger partial charge in [-0.25, -0.2) is 0 Å². The summed E-state index contributed by atoms with van der Waals surface area (Å²) in [7, 11) is 0. The van der Waals surface area contributed by atoms with E-state index in [1.807, 2.05) is 0 Å². The minimum Gasteiger partial charge on any atom is -0.332 e. The molecule has 0 spiro atoms. The van der Waals surface area contributed by atoms with E-state index in [0.717, 1.165) is 0 Å². The Morgan fingerprint density at radius 2 is 1.80 bits per heavy atom. The Kier molecular flexibility index (Phi) is 16.0. The topological polar surface area (TPSA) is 0 Å². The molecule has 1 heteroatoms. The minimum atomic E-state index is 0. The molecule has 0 saturated heterocycles. The van der Waals surface area contributed by atoms with Gasteiger partial charge in [-0.15, -0.1) is 0 Å². The molecule has 5 heavy (non-hydrogen) atoms. The molecule has 0 aliphatic carbocycles. The van der Waals surface area contributed by atoms with E-state index in [2.05, 4.69) is 20.3 Å². The van der Waals surface area contributed by atoms with Gasteiger partial charge >= 0.3 is 0 Å². The van der Waals surface area contributed by atoms with E-state index in [9.17, 15) is 0 Å². The average molecular weight is 116 g/mol. The number of hydrogen-bond acceptors (Lipinski definition) is 0. The molecule has 1 radical (unpaired) electrons. The van der Waals surface area contributed by atoms with Gasteiger partial charge < -0.3 is 6.42 Å². The van der Waals surface area contributed by atoms with Gasteiger partial charge in [-0.05, 0) is 0 Å². The average Bonchev–Trinajstić information content (AvgIpc) is 1.37. The summed E-state index contributed by atoms with van der Waals surface area (Å²) in [6, 6.07) is 0. The van der Waals surface area contributed by atoms with Gasteiger partial charge in [0, 0.05) is 16.8 Å². The predicted octanol–water partition coefficient (Wildman–Crippen LogP) is 1.62. The standard InChI is InChI=1S/C4H9.Co/c1-3-4-2;/h3H,4H2,1-2H3;/q-1;. The Morgan fingerprint density at radius 1 is 1.60 bits per heavy atom. The molecule has 0 bridgehead atoms. The third-order valence-electron chi connectivity index (χ3n) is 0.408. The van der Waals surface area contributed by atoms with E-state index in [0.29, 0.717) is 0 Å². The maximum atomic E-state index is 2.12. The van der Waals surface area contributed by atoms with E-state index in [-0.39, 0.29) is 16.8 Å². The molecule has 0 saturated carbocycles. The summed E-state index contributed by atoms with van der Waals surface area (Å²) in [5.74, 6) is 0. The molecule has 0 N–H and O–H groups in total. The summed E-state index contributed by atoms with van der Waals surface area (Å²) < 4.78 is 0. The zero-order valence-corrected chi connectivity index (χ0v) is 4.66. The number of rotatable bonds is 1. The van der Waals surface area contributed by atoms with Crippen LogP contribution < -0.4 is 0 Å². The Bertz CT molecular complexity index is 5.61. The van der Waals surface area contributed by atoms with Crippen LogP contribution in [0.2, 0.25) is 0 Å². The first-order valence-corrected chi connectivity index (χ1v) is 1.69. The number of unbranched alkanes of at least 4 members (excludes halogenated alkanes) is 1. The summed E-state index contributed by atoms with van der Waals surface area (Å²) in [5, 5.41) is 0. The first kappa shape index (κ1) is 9.10. The predicted molar refractivity (Wildman–Crippen MR) is 20.3 cm³/mol. The van der Waals surface area contributed by atoms with Crippen molar-refractivity contribution in [2.75, 3.05) is 0 Å². The second-order valence-electron chi connectivity index (χ2n) is 0.816. The van der Waals surface area contributed by atoms with Crippen LogP contribution in [0, 0.1) is 6.42 Å². The zero-order valence-electron chi connectivity index (χ0n) is 3.62. The van der Waals surface area contributed by atoms with Gasteiger partial charge in [0.25, 0.3) is 0 Å². The molecule has 0 unspecified atom stereocenters. The van der Waals surface area contributed by atoms with Crippen molar-refractivity contribution in [3.8, 4) is 0 Å². The van der Waals surface area contributed by atoms with Crippen LogP contribution >= 0.6 is 0 Å². The first-order chi connectivity index (χ1) is 1.91. The van der Waals surface area contributed by atoms with Crippen molar-refractivity contribution in [2.24, 2.45) is 0 Å². The van der Waals surface area contributed by atoms with Crippen molar-refractivity contribution >= 4 is 0 Å². The molecule has 35 valence electrons. The zero-order chi connectivity index (χ0) is 3.41. The van der Waals surface area contributed by atoms with Gasteiger partial charge in [0.05, 0.1) is 0 Å². The quantitative estimate of drug-likeness (QED) is 0.456. The molecule has 0 rings (SSSR count). The normalized spacial score (nSPS) is 6.00. The second kappa shape index (κ2) is 8.82. The first-order valence-electron chi connectivity index (χ1n) is 1.69.